The number of carbonyl (C=O) groups is 2. The van der Waals surface area contributed by atoms with E-state index < -0.39 is 53.4 Å². The highest BCUT2D eigenvalue weighted by molar-refractivity contribution is 7.89. The van der Waals surface area contributed by atoms with Crippen LogP contribution in [0.3, 0.4) is 0 Å². The predicted octanol–water partition coefficient (Wildman–Crippen LogP) is 2.52. The van der Waals surface area contributed by atoms with E-state index in [1.165, 1.54) is 47.1 Å². The van der Waals surface area contributed by atoms with Crippen molar-refractivity contribution >= 4 is 48.6 Å². The van der Waals surface area contributed by atoms with Gasteiger partial charge in [0.2, 0.25) is 10.0 Å². The van der Waals surface area contributed by atoms with Gasteiger partial charge < -0.3 is 24.3 Å². The molecule has 0 spiro atoms. The Kier molecular flexibility index (Phi) is 13.3. The number of esters is 1. The number of nitrogens with one attached hydrogen (secondary N) is 3. The number of H-pyrrole nitrogens is 1. The Morgan fingerprint density at radius 3 is 1.96 bits per heavy atom. The second-order valence-corrected chi connectivity index (χ2v) is 17.9. The van der Waals surface area contributed by atoms with Crippen molar-refractivity contribution in [2.45, 2.75) is 29.2 Å². The number of aromatic amines is 1. The third kappa shape index (κ3) is 10.8. The topological polar surface area (TPSA) is 184 Å². The number of benzene rings is 5. The Morgan fingerprint density at radius 2 is 1.37 bits per heavy atom. The number of anilines is 1. The lowest BCUT2D eigenvalue weighted by Gasteiger charge is -2.17. The molecule has 1 heterocycles. The summed E-state index contributed by atoms with van der Waals surface area (Å²) in [6, 6.07) is 33.4. The van der Waals surface area contributed by atoms with Crippen LogP contribution in [0.15, 0.2) is 137 Å². The average Bonchev–Trinajstić information content (AvgIpc) is 3.57. The van der Waals surface area contributed by atoms with Crippen molar-refractivity contribution in [2.75, 3.05) is 19.5 Å². The zero-order valence-electron chi connectivity index (χ0n) is 29.3. The largest absolute Gasteiger partial charge is 0.744 e. The van der Waals surface area contributed by atoms with Gasteiger partial charge in [-0.1, -0.05) is 35.9 Å². The van der Waals surface area contributed by atoms with Gasteiger partial charge in [0, 0.05) is 34.8 Å². The van der Waals surface area contributed by atoms with Gasteiger partial charge in [-0.15, -0.1) is 0 Å². The SMILES string of the molecule is COC(=O)[C@@H](Cc1c[nH]c2ccccc12)NS(=O)(=O)c1ccc(NC(=O)c2ccc([I+]c3ccc(OC)cc3)cc2)cc1.Cc1ccc(S(=O)(=O)[O-])cc1. The standard InChI is InChI=1S/C32H28IN3O6S.C7H8O3S/c1-41-26-15-11-24(12-16-26)33-23-9-7-21(8-10-23)31(37)35-25-13-17-27(18-14-25)43(39,40)36-30(32(38)42-2)19-22-20-34-29-6-4-3-5-28(22)29;1-6-2-4-7(5-3-6)11(8,9)10/h3-18,20,30,34,36H,19H2,1-2H3;2-5H,1H3,(H,8,9,10)/t30-;/m1./s1. The van der Waals surface area contributed by atoms with Crippen LogP contribution >= 0.6 is 0 Å². The summed E-state index contributed by atoms with van der Waals surface area (Å²) < 4.78 is 72.5. The summed E-state index contributed by atoms with van der Waals surface area (Å²) in [6.07, 6.45) is 1.85. The quantitative estimate of drug-likeness (QED) is 0.0945. The summed E-state index contributed by atoms with van der Waals surface area (Å²) in [6.45, 7) is 1.82. The minimum absolute atomic E-state index is 0.0508. The molecule has 54 heavy (non-hydrogen) atoms. The summed E-state index contributed by atoms with van der Waals surface area (Å²) in [4.78, 5) is 28.3. The van der Waals surface area contributed by atoms with Crippen LogP contribution in [0.2, 0.25) is 0 Å². The second kappa shape index (κ2) is 17.8. The Morgan fingerprint density at radius 1 is 0.778 bits per heavy atom. The van der Waals surface area contributed by atoms with Gasteiger partial charge in [0.25, 0.3) is 5.91 Å². The molecule has 1 atom stereocenters. The first-order valence-corrected chi connectivity index (χ1v) is 21.3. The molecular weight excluding hydrogens is 845 g/mol. The number of fused-ring (bicyclic) bond motifs is 1. The number of aryl methyl sites for hydroxylation is 1. The van der Waals surface area contributed by atoms with E-state index in [-0.39, 0.29) is 22.1 Å². The van der Waals surface area contributed by atoms with E-state index in [0.29, 0.717) is 11.3 Å². The van der Waals surface area contributed by atoms with E-state index in [1.807, 2.05) is 67.6 Å². The number of sulfonamides is 1. The van der Waals surface area contributed by atoms with E-state index in [9.17, 15) is 31.0 Å². The Bertz CT molecular complexity index is 2440. The smallest absolute Gasteiger partial charge is 0.357 e. The number of para-hydroxylation sites is 1. The number of hydrogen-bond acceptors (Lipinski definition) is 9. The van der Waals surface area contributed by atoms with Crippen molar-refractivity contribution in [2.24, 2.45) is 0 Å². The van der Waals surface area contributed by atoms with Gasteiger partial charge in [0.15, 0.2) is 7.14 Å². The normalized spacial score (nSPS) is 11.9. The molecule has 0 unspecified atom stereocenters. The van der Waals surface area contributed by atoms with Gasteiger partial charge in [-0.25, -0.2) is 16.8 Å². The maximum Gasteiger partial charge on any atom is 0.357 e. The van der Waals surface area contributed by atoms with Crippen molar-refractivity contribution in [3.63, 3.8) is 0 Å². The van der Waals surface area contributed by atoms with E-state index in [2.05, 4.69) is 15.0 Å². The molecular formula is C39H36IN3O9S2. The number of hydrogen-bond donors (Lipinski definition) is 3. The number of halogens is 1. The minimum atomic E-state index is -4.27. The fourth-order valence-corrected chi connectivity index (χ4v) is 8.95. The summed E-state index contributed by atoms with van der Waals surface area (Å²) in [5.41, 5.74) is 3.51. The van der Waals surface area contributed by atoms with Crippen LogP contribution < -0.4 is 36.0 Å². The molecule has 1 aromatic heterocycles. The lowest BCUT2D eigenvalue weighted by Crippen LogP contribution is -3.61. The molecule has 0 fully saturated rings. The number of carbonyl (C=O) groups excluding carboxylic acids is 2. The van der Waals surface area contributed by atoms with Crippen LogP contribution in [0.1, 0.15) is 21.5 Å². The number of rotatable bonds is 12. The van der Waals surface area contributed by atoms with Crippen molar-refractivity contribution in [3.05, 3.63) is 151 Å². The van der Waals surface area contributed by atoms with Gasteiger partial charge in [-0.2, -0.15) is 4.72 Å². The molecule has 5 aromatic carbocycles. The molecule has 0 saturated heterocycles. The molecule has 15 heteroatoms. The highest BCUT2D eigenvalue weighted by atomic mass is 127. The van der Waals surface area contributed by atoms with E-state index in [0.717, 1.165) is 31.3 Å². The van der Waals surface area contributed by atoms with Crippen LogP contribution in [0.4, 0.5) is 5.69 Å². The fourth-order valence-electron chi connectivity index (χ4n) is 5.14. The lowest BCUT2D eigenvalue weighted by molar-refractivity contribution is -0.597. The van der Waals surface area contributed by atoms with Gasteiger partial charge in [0.1, 0.15) is 21.9 Å². The number of aromatic nitrogens is 1. The van der Waals surface area contributed by atoms with Gasteiger partial charge >= 0.3 is 27.2 Å². The molecule has 0 bridgehead atoms. The summed E-state index contributed by atoms with van der Waals surface area (Å²) in [7, 11) is -5.50. The summed E-state index contributed by atoms with van der Waals surface area (Å²) in [5.74, 6) is -0.198. The van der Waals surface area contributed by atoms with Crippen molar-refractivity contribution in [1.29, 1.82) is 0 Å². The highest BCUT2D eigenvalue weighted by Crippen LogP contribution is 2.21. The monoisotopic (exact) mass is 881 g/mol. The van der Waals surface area contributed by atoms with E-state index >= 15 is 0 Å². The Hall–Kier alpha value is -5.07. The third-order valence-electron chi connectivity index (χ3n) is 7.99. The van der Waals surface area contributed by atoms with Crippen LogP contribution in [-0.2, 0) is 36.1 Å². The summed E-state index contributed by atoms with van der Waals surface area (Å²) >= 11 is -0.400. The maximum atomic E-state index is 13.2. The lowest BCUT2D eigenvalue weighted by atomic mass is 10.1. The first-order valence-electron chi connectivity index (χ1n) is 16.2. The Labute approximate surface area is 324 Å². The highest BCUT2D eigenvalue weighted by Gasteiger charge is 2.28. The molecule has 12 nitrogen and oxygen atoms in total. The molecule has 0 radical (unpaired) electrons. The van der Waals surface area contributed by atoms with Crippen LogP contribution in [-0.4, -0.2) is 58.5 Å². The molecule has 3 N–H and O–H groups in total. The average molecular weight is 882 g/mol. The molecule has 6 rings (SSSR count). The van der Waals surface area contributed by atoms with Crippen molar-refractivity contribution < 1.29 is 61.7 Å². The van der Waals surface area contributed by atoms with Crippen LogP contribution in [0.5, 0.6) is 5.75 Å². The summed E-state index contributed by atoms with van der Waals surface area (Å²) in [5, 5.41) is 3.69. The molecule has 6 aromatic rings. The van der Waals surface area contributed by atoms with Gasteiger partial charge in [0.05, 0.1) is 24.0 Å². The molecule has 0 aliphatic carbocycles. The predicted molar refractivity (Wildman–Crippen MR) is 198 cm³/mol. The van der Waals surface area contributed by atoms with Crippen molar-refractivity contribution in [3.8, 4) is 5.75 Å². The Balaban J connectivity index is 0.000000438. The van der Waals surface area contributed by atoms with Gasteiger partial charge in [-0.05, 0) is 103 Å². The van der Waals surface area contributed by atoms with Crippen LogP contribution in [0.25, 0.3) is 10.9 Å². The molecule has 0 aliphatic rings. The zero-order valence-corrected chi connectivity index (χ0v) is 33.1. The molecule has 1 amide bonds. The maximum absolute atomic E-state index is 13.2. The van der Waals surface area contributed by atoms with Crippen molar-refractivity contribution in [1.82, 2.24) is 9.71 Å². The molecule has 0 aliphatic heterocycles. The first-order chi connectivity index (χ1) is 25.7. The van der Waals surface area contributed by atoms with E-state index in [1.54, 1.807) is 37.6 Å². The minimum Gasteiger partial charge on any atom is -0.744 e. The fraction of sp³-hybridized carbons (Fsp3) is 0.128. The van der Waals surface area contributed by atoms with Crippen LogP contribution in [0, 0.1) is 14.1 Å². The molecule has 280 valence electrons. The zero-order chi connectivity index (χ0) is 38.9. The van der Waals surface area contributed by atoms with E-state index in [4.69, 9.17) is 9.47 Å². The second-order valence-electron chi connectivity index (χ2n) is 11.8. The number of ether oxygens (including phenoxy) is 2. The first kappa shape index (κ1) is 40.1. The number of amides is 1. The van der Waals surface area contributed by atoms with Gasteiger partial charge in [-0.3, -0.25) is 9.59 Å². The third-order valence-corrected chi connectivity index (χ3v) is 13.0. The molecule has 0 saturated carbocycles. The number of methoxy groups -OCH3 is 2.